The summed E-state index contributed by atoms with van der Waals surface area (Å²) >= 11 is 7.69. The molecule has 3 aromatic rings. The van der Waals surface area contributed by atoms with Gasteiger partial charge in [-0.25, -0.2) is 0 Å². The van der Waals surface area contributed by atoms with Gasteiger partial charge < -0.3 is 9.84 Å². The minimum atomic E-state index is 0.0338. The Hall–Kier alpha value is -2.18. The second-order valence-corrected chi connectivity index (χ2v) is 6.75. The van der Waals surface area contributed by atoms with Crippen LogP contribution in [0, 0.1) is 0 Å². The first-order valence-electron chi connectivity index (χ1n) is 7.57. The zero-order chi connectivity index (χ0) is 16.9. The van der Waals surface area contributed by atoms with Crippen LogP contribution in [0.1, 0.15) is 29.7 Å². The van der Waals surface area contributed by atoms with Crippen LogP contribution in [0.15, 0.2) is 40.9 Å². The Morgan fingerprint density at radius 3 is 2.92 bits per heavy atom. The van der Waals surface area contributed by atoms with Crippen molar-refractivity contribution in [2.45, 2.75) is 26.3 Å². The van der Waals surface area contributed by atoms with Gasteiger partial charge in [0.25, 0.3) is 0 Å². The average Bonchev–Trinajstić information content (AvgIpc) is 3.24. The van der Waals surface area contributed by atoms with Crippen molar-refractivity contribution in [3.05, 3.63) is 57.8 Å². The van der Waals surface area contributed by atoms with Gasteiger partial charge in [0.2, 0.25) is 17.6 Å². The van der Waals surface area contributed by atoms with Gasteiger partial charge in [-0.05, 0) is 23.8 Å². The highest BCUT2D eigenvalue weighted by atomic mass is 35.5. The lowest BCUT2D eigenvalue weighted by Crippen LogP contribution is -2.20. The summed E-state index contributed by atoms with van der Waals surface area (Å²) in [5, 5.41) is 7.56. The van der Waals surface area contributed by atoms with Crippen molar-refractivity contribution in [2.24, 2.45) is 0 Å². The third-order valence-corrected chi connectivity index (χ3v) is 4.88. The van der Waals surface area contributed by atoms with Crippen molar-refractivity contribution in [1.82, 2.24) is 15.5 Å². The van der Waals surface area contributed by atoms with Crippen LogP contribution in [0.5, 0.6) is 0 Å². The largest absolute Gasteiger partial charge is 0.351 e. The summed E-state index contributed by atoms with van der Waals surface area (Å²) in [7, 11) is 0. The van der Waals surface area contributed by atoms with Gasteiger partial charge in [0.15, 0.2) is 0 Å². The topological polar surface area (TPSA) is 68.0 Å². The van der Waals surface area contributed by atoms with Crippen molar-refractivity contribution in [3.8, 4) is 10.7 Å². The van der Waals surface area contributed by atoms with E-state index in [9.17, 15) is 4.79 Å². The number of hydrogen-bond donors (Lipinski definition) is 1. The van der Waals surface area contributed by atoms with E-state index in [1.54, 1.807) is 0 Å². The van der Waals surface area contributed by atoms with Crippen LogP contribution in [-0.4, -0.2) is 16.0 Å². The van der Waals surface area contributed by atoms with Gasteiger partial charge in [-0.3, -0.25) is 4.79 Å². The number of amides is 1. The van der Waals surface area contributed by atoms with E-state index in [2.05, 4.69) is 15.5 Å². The number of rotatable bonds is 6. The van der Waals surface area contributed by atoms with Gasteiger partial charge in [-0.15, -0.1) is 11.3 Å². The summed E-state index contributed by atoms with van der Waals surface area (Å²) in [6.07, 6.45) is 0.978. The number of benzene rings is 1. The van der Waals surface area contributed by atoms with Crippen molar-refractivity contribution < 1.29 is 9.32 Å². The van der Waals surface area contributed by atoms with Crippen LogP contribution in [0.3, 0.4) is 0 Å². The molecule has 0 spiro atoms. The van der Waals surface area contributed by atoms with E-state index in [1.165, 1.54) is 11.3 Å². The fraction of sp³-hybridized carbons (Fsp3) is 0.235. The van der Waals surface area contributed by atoms with E-state index < -0.39 is 0 Å². The van der Waals surface area contributed by atoms with Gasteiger partial charge in [0.1, 0.15) is 0 Å². The molecule has 0 aliphatic heterocycles. The molecular formula is C17H16ClN3O2S. The number of hydrogen-bond acceptors (Lipinski definition) is 5. The lowest BCUT2D eigenvalue weighted by Gasteiger charge is -1.99. The number of aromatic nitrogens is 2. The summed E-state index contributed by atoms with van der Waals surface area (Å²) < 4.78 is 5.32. The summed E-state index contributed by atoms with van der Waals surface area (Å²) in [6.45, 7) is 2.34. The zero-order valence-corrected chi connectivity index (χ0v) is 14.7. The molecule has 0 bridgehead atoms. The number of halogens is 1. The van der Waals surface area contributed by atoms with Crippen molar-refractivity contribution in [2.75, 3.05) is 0 Å². The van der Waals surface area contributed by atoms with Crippen molar-refractivity contribution in [3.63, 3.8) is 0 Å². The molecule has 24 heavy (non-hydrogen) atoms. The highest BCUT2D eigenvalue weighted by Crippen LogP contribution is 2.26. The first-order chi connectivity index (χ1) is 11.7. The number of thiophene rings is 1. The van der Waals surface area contributed by atoms with E-state index >= 15 is 0 Å². The summed E-state index contributed by atoms with van der Waals surface area (Å²) in [5.41, 5.74) is 0.948. The van der Waals surface area contributed by atoms with Gasteiger partial charge in [-0.1, -0.05) is 41.9 Å². The Balaban J connectivity index is 1.68. The van der Waals surface area contributed by atoms with Crippen LogP contribution in [0.2, 0.25) is 5.02 Å². The minimum absolute atomic E-state index is 0.0338. The second kappa shape index (κ2) is 7.59. The Morgan fingerprint density at radius 1 is 1.29 bits per heavy atom. The SMILES string of the molecule is CCC(=O)NCc1ccc(-c2noc(Cc3ccccc3Cl)n2)s1. The first kappa shape index (κ1) is 16.7. The Bertz CT molecular complexity index is 844. The molecule has 1 N–H and O–H groups in total. The maximum absolute atomic E-state index is 11.3. The maximum atomic E-state index is 11.3. The zero-order valence-electron chi connectivity index (χ0n) is 13.1. The molecule has 0 radical (unpaired) electrons. The molecule has 0 aliphatic carbocycles. The Labute approximate surface area is 148 Å². The Kier molecular flexibility index (Phi) is 5.27. The van der Waals surface area contributed by atoms with E-state index in [0.29, 0.717) is 36.1 Å². The third kappa shape index (κ3) is 4.01. The molecular weight excluding hydrogens is 346 g/mol. The minimum Gasteiger partial charge on any atom is -0.351 e. The molecule has 124 valence electrons. The quantitative estimate of drug-likeness (QED) is 0.718. The summed E-state index contributed by atoms with van der Waals surface area (Å²) in [6, 6.07) is 11.5. The van der Waals surface area contributed by atoms with Crippen molar-refractivity contribution >= 4 is 28.8 Å². The predicted molar refractivity (Wildman–Crippen MR) is 94.0 cm³/mol. The highest BCUT2D eigenvalue weighted by Gasteiger charge is 2.13. The van der Waals surface area contributed by atoms with Crippen LogP contribution in [-0.2, 0) is 17.8 Å². The lowest BCUT2D eigenvalue weighted by atomic mass is 10.1. The molecule has 3 rings (SSSR count). The van der Waals surface area contributed by atoms with E-state index in [1.807, 2.05) is 43.3 Å². The molecule has 0 atom stereocenters. The molecule has 0 saturated heterocycles. The number of carbonyl (C=O) groups excluding carboxylic acids is 1. The fourth-order valence-corrected chi connectivity index (χ4v) is 3.21. The molecule has 1 amide bonds. The third-order valence-electron chi connectivity index (χ3n) is 3.43. The molecule has 0 saturated carbocycles. The first-order valence-corrected chi connectivity index (χ1v) is 8.77. The van der Waals surface area contributed by atoms with E-state index in [0.717, 1.165) is 15.3 Å². The highest BCUT2D eigenvalue weighted by molar-refractivity contribution is 7.15. The van der Waals surface area contributed by atoms with Gasteiger partial charge in [0.05, 0.1) is 17.8 Å². The molecule has 0 aliphatic rings. The van der Waals surface area contributed by atoms with Crippen LogP contribution in [0.25, 0.3) is 10.7 Å². The monoisotopic (exact) mass is 361 g/mol. The van der Waals surface area contributed by atoms with Crippen molar-refractivity contribution in [1.29, 1.82) is 0 Å². The molecule has 0 fully saturated rings. The van der Waals surface area contributed by atoms with Gasteiger partial charge in [-0.2, -0.15) is 4.98 Å². The standard InChI is InChI=1S/C17H16ClN3O2S/c1-2-15(22)19-10-12-7-8-14(24-12)17-20-16(23-21-17)9-11-5-3-4-6-13(11)18/h3-8H,2,9-10H2,1H3,(H,19,22). The van der Waals surface area contributed by atoms with E-state index in [-0.39, 0.29) is 5.91 Å². The van der Waals surface area contributed by atoms with Gasteiger partial charge in [0, 0.05) is 16.3 Å². The predicted octanol–water partition coefficient (Wildman–Crippen LogP) is 4.07. The fourth-order valence-electron chi connectivity index (χ4n) is 2.14. The van der Waals surface area contributed by atoms with Crippen LogP contribution < -0.4 is 5.32 Å². The number of carbonyl (C=O) groups is 1. The summed E-state index contributed by atoms with van der Waals surface area (Å²) in [5.74, 6) is 1.11. The maximum Gasteiger partial charge on any atom is 0.231 e. The molecule has 7 heteroatoms. The summed E-state index contributed by atoms with van der Waals surface area (Å²) in [4.78, 5) is 17.7. The van der Waals surface area contributed by atoms with E-state index in [4.69, 9.17) is 16.1 Å². The van der Waals surface area contributed by atoms with Crippen LogP contribution >= 0.6 is 22.9 Å². The number of nitrogens with one attached hydrogen (secondary N) is 1. The lowest BCUT2D eigenvalue weighted by molar-refractivity contribution is -0.120. The van der Waals surface area contributed by atoms with Gasteiger partial charge >= 0.3 is 0 Å². The molecule has 0 unspecified atom stereocenters. The average molecular weight is 362 g/mol. The molecule has 5 nitrogen and oxygen atoms in total. The number of nitrogens with zero attached hydrogens (tertiary/aromatic N) is 2. The second-order valence-electron chi connectivity index (χ2n) is 5.18. The normalized spacial score (nSPS) is 10.8. The Morgan fingerprint density at radius 2 is 2.12 bits per heavy atom. The van der Waals surface area contributed by atoms with Crippen LogP contribution in [0.4, 0.5) is 0 Å². The molecule has 2 aromatic heterocycles. The molecule has 2 heterocycles. The molecule has 1 aromatic carbocycles. The smallest absolute Gasteiger partial charge is 0.231 e.